The molecule has 0 aliphatic rings. The number of carbonyl (C=O) groups is 1. The Morgan fingerprint density at radius 3 is 2.56 bits per heavy atom. The molecule has 1 aromatic carbocycles. The van der Waals surface area contributed by atoms with Crippen molar-refractivity contribution in [3.8, 4) is 5.75 Å². The van der Waals surface area contributed by atoms with E-state index in [0.29, 0.717) is 13.1 Å². The van der Waals surface area contributed by atoms with Crippen LogP contribution in [0.4, 0.5) is 0 Å². The number of hydrogen-bond donors (Lipinski definition) is 1. The third-order valence-electron chi connectivity index (χ3n) is 2.82. The van der Waals surface area contributed by atoms with Gasteiger partial charge in [-0.1, -0.05) is 19.1 Å². The molecule has 0 aliphatic carbocycles. The number of likely N-dealkylation sites (N-methyl/N-ethyl adjacent to an activating group) is 1. The average Bonchev–Trinajstić information content (AvgIpc) is 2.42. The first-order valence-corrected chi connectivity index (χ1v) is 6.33. The summed E-state index contributed by atoms with van der Waals surface area (Å²) >= 11 is 0. The predicted octanol–water partition coefficient (Wildman–Crippen LogP) is 1.43. The molecule has 0 saturated carbocycles. The number of hydrogen-bond acceptors (Lipinski definition) is 3. The summed E-state index contributed by atoms with van der Waals surface area (Å²) in [5, 5.41) is 0. The molecule has 4 heteroatoms. The molecule has 1 aromatic rings. The van der Waals surface area contributed by atoms with E-state index in [-0.39, 0.29) is 12.5 Å². The summed E-state index contributed by atoms with van der Waals surface area (Å²) in [6.07, 6.45) is 1.81. The van der Waals surface area contributed by atoms with Crippen molar-refractivity contribution in [2.24, 2.45) is 5.73 Å². The van der Waals surface area contributed by atoms with E-state index >= 15 is 0 Å². The van der Waals surface area contributed by atoms with Crippen LogP contribution in [0.1, 0.15) is 18.9 Å². The molecule has 0 unspecified atom stereocenters. The second-order valence-corrected chi connectivity index (χ2v) is 4.24. The number of aryl methyl sites for hydroxylation is 1. The van der Waals surface area contributed by atoms with Crippen molar-refractivity contribution in [1.29, 1.82) is 0 Å². The first-order chi connectivity index (χ1) is 8.67. The Morgan fingerprint density at radius 1 is 1.33 bits per heavy atom. The molecule has 18 heavy (non-hydrogen) atoms. The van der Waals surface area contributed by atoms with E-state index in [1.54, 1.807) is 11.9 Å². The Balaban J connectivity index is 2.37. The number of nitrogens with zero attached hydrogens (tertiary/aromatic N) is 1. The van der Waals surface area contributed by atoms with Crippen LogP contribution >= 0.6 is 0 Å². The lowest BCUT2D eigenvalue weighted by molar-refractivity contribution is -0.132. The highest BCUT2D eigenvalue weighted by Gasteiger charge is 2.08. The summed E-state index contributed by atoms with van der Waals surface area (Å²) < 4.78 is 5.45. The lowest BCUT2D eigenvalue weighted by atomic mass is 10.2. The minimum absolute atomic E-state index is 0.0250. The van der Waals surface area contributed by atoms with Crippen molar-refractivity contribution in [3.05, 3.63) is 29.8 Å². The van der Waals surface area contributed by atoms with Crippen molar-refractivity contribution >= 4 is 5.91 Å². The molecule has 0 heterocycles. The standard InChI is InChI=1S/C14H22N2O2/c1-3-12-5-7-13(8-6-12)18-11-14(17)16(2)10-4-9-15/h5-8H,3-4,9-11,15H2,1-2H3. The molecule has 0 atom stereocenters. The van der Waals surface area contributed by atoms with Crippen LogP contribution < -0.4 is 10.5 Å². The molecule has 0 fully saturated rings. The summed E-state index contributed by atoms with van der Waals surface area (Å²) in [7, 11) is 1.77. The molecule has 100 valence electrons. The van der Waals surface area contributed by atoms with Gasteiger partial charge in [-0.2, -0.15) is 0 Å². The SMILES string of the molecule is CCc1ccc(OCC(=O)N(C)CCCN)cc1. The fourth-order valence-electron chi connectivity index (χ4n) is 1.53. The minimum Gasteiger partial charge on any atom is -0.484 e. The van der Waals surface area contributed by atoms with Gasteiger partial charge in [0.15, 0.2) is 6.61 Å². The molecule has 4 nitrogen and oxygen atoms in total. The second-order valence-electron chi connectivity index (χ2n) is 4.24. The number of rotatable bonds is 7. The zero-order valence-corrected chi connectivity index (χ0v) is 11.2. The third kappa shape index (κ3) is 4.75. The Labute approximate surface area is 109 Å². The van der Waals surface area contributed by atoms with E-state index in [0.717, 1.165) is 18.6 Å². The third-order valence-corrected chi connectivity index (χ3v) is 2.82. The second kappa shape index (κ2) is 7.71. The van der Waals surface area contributed by atoms with Crippen LogP contribution in [-0.2, 0) is 11.2 Å². The van der Waals surface area contributed by atoms with Gasteiger partial charge in [0, 0.05) is 13.6 Å². The number of amides is 1. The van der Waals surface area contributed by atoms with Crippen molar-refractivity contribution in [2.75, 3.05) is 26.7 Å². The first-order valence-electron chi connectivity index (χ1n) is 6.33. The molecule has 0 saturated heterocycles. The van der Waals surface area contributed by atoms with Gasteiger partial charge in [-0.25, -0.2) is 0 Å². The van der Waals surface area contributed by atoms with Gasteiger partial charge in [0.1, 0.15) is 5.75 Å². The zero-order valence-electron chi connectivity index (χ0n) is 11.2. The maximum atomic E-state index is 11.7. The van der Waals surface area contributed by atoms with Crippen LogP contribution in [0.15, 0.2) is 24.3 Å². The minimum atomic E-state index is -0.0250. The number of ether oxygens (including phenoxy) is 1. The summed E-state index contributed by atoms with van der Waals surface area (Å²) in [4.78, 5) is 13.4. The van der Waals surface area contributed by atoms with Crippen molar-refractivity contribution in [1.82, 2.24) is 4.90 Å². The molecule has 0 bridgehead atoms. The highest BCUT2D eigenvalue weighted by atomic mass is 16.5. The van der Waals surface area contributed by atoms with Crippen molar-refractivity contribution in [3.63, 3.8) is 0 Å². The molecule has 0 radical (unpaired) electrons. The summed E-state index contributed by atoms with van der Waals surface area (Å²) in [6.45, 7) is 3.45. The molecule has 0 aromatic heterocycles. The fraction of sp³-hybridized carbons (Fsp3) is 0.500. The predicted molar refractivity (Wildman–Crippen MR) is 72.6 cm³/mol. The number of carbonyl (C=O) groups excluding carboxylic acids is 1. The molecule has 0 spiro atoms. The van der Waals surface area contributed by atoms with E-state index in [1.165, 1.54) is 5.56 Å². The average molecular weight is 250 g/mol. The maximum Gasteiger partial charge on any atom is 0.260 e. The van der Waals surface area contributed by atoms with Gasteiger partial charge in [-0.05, 0) is 37.1 Å². The van der Waals surface area contributed by atoms with Crippen molar-refractivity contribution in [2.45, 2.75) is 19.8 Å². The van der Waals surface area contributed by atoms with Crippen LogP contribution in [0.5, 0.6) is 5.75 Å². The molecule has 1 amide bonds. The lowest BCUT2D eigenvalue weighted by Gasteiger charge is -2.16. The number of benzene rings is 1. The summed E-state index contributed by atoms with van der Waals surface area (Å²) in [6, 6.07) is 7.81. The van der Waals surface area contributed by atoms with Crippen LogP contribution in [-0.4, -0.2) is 37.6 Å². The lowest BCUT2D eigenvalue weighted by Crippen LogP contribution is -2.33. The van der Waals surface area contributed by atoms with Gasteiger partial charge >= 0.3 is 0 Å². The molecular formula is C14H22N2O2. The molecule has 0 aliphatic heterocycles. The van der Waals surface area contributed by atoms with Gasteiger partial charge in [-0.3, -0.25) is 4.79 Å². The summed E-state index contributed by atoms with van der Waals surface area (Å²) in [5.74, 6) is 0.704. The van der Waals surface area contributed by atoms with Gasteiger partial charge in [0.05, 0.1) is 0 Å². The van der Waals surface area contributed by atoms with Crippen LogP contribution in [0.25, 0.3) is 0 Å². The van der Waals surface area contributed by atoms with E-state index in [9.17, 15) is 4.79 Å². The van der Waals surface area contributed by atoms with E-state index in [2.05, 4.69) is 6.92 Å². The molecule has 1 rings (SSSR count). The monoisotopic (exact) mass is 250 g/mol. The van der Waals surface area contributed by atoms with E-state index < -0.39 is 0 Å². The number of nitrogens with two attached hydrogens (primary N) is 1. The van der Waals surface area contributed by atoms with Crippen molar-refractivity contribution < 1.29 is 9.53 Å². The summed E-state index contributed by atoms with van der Waals surface area (Å²) in [5.41, 5.74) is 6.66. The smallest absolute Gasteiger partial charge is 0.260 e. The first kappa shape index (κ1) is 14.5. The maximum absolute atomic E-state index is 11.7. The van der Waals surface area contributed by atoms with Crippen LogP contribution in [0, 0.1) is 0 Å². The Bertz CT molecular complexity index is 363. The van der Waals surface area contributed by atoms with Gasteiger partial charge in [0.25, 0.3) is 5.91 Å². The quantitative estimate of drug-likeness (QED) is 0.796. The normalized spacial score (nSPS) is 10.2. The Kier molecular flexibility index (Phi) is 6.22. The van der Waals surface area contributed by atoms with E-state index in [4.69, 9.17) is 10.5 Å². The Morgan fingerprint density at radius 2 is 2.00 bits per heavy atom. The highest BCUT2D eigenvalue weighted by Crippen LogP contribution is 2.12. The molecular weight excluding hydrogens is 228 g/mol. The van der Waals surface area contributed by atoms with Crippen LogP contribution in [0.3, 0.4) is 0 Å². The van der Waals surface area contributed by atoms with Gasteiger partial charge in [0.2, 0.25) is 0 Å². The Hall–Kier alpha value is -1.55. The zero-order chi connectivity index (χ0) is 13.4. The van der Waals surface area contributed by atoms with Gasteiger partial charge in [-0.15, -0.1) is 0 Å². The highest BCUT2D eigenvalue weighted by molar-refractivity contribution is 5.77. The van der Waals surface area contributed by atoms with Crippen LogP contribution in [0.2, 0.25) is 0 Å². The molecule has 2 N–H and O–H groups in total. The topological polar surface area (TPSA) is 55.6 Å². The van der Waals surface area contributed by atoms with E-state index in [1.807, 2.05) is 24.3 Å². The van der Waals surface area contributed by atoms with Gasteiger partial charge < -0.3 is 15.4 Å². The largest absolute Gasteiger partial charge is 0.484 e. The fourth-order valence-corrected chi connectivity index (χ4v) is 1.53.